The molecule has 1 aliphatic heterocycles. The van der Waals surface area contributed by atoms with Gasteiger partial charge in [0.1, 0.15) is 12.2 Å². The van der Waals surface area contributed by atoms with Gasteiger partial charge in [-0.25, -0.2) is 0 Å². The minimum atomic E-state index is -0.746. The largest absolute Gasteiger partial charge is 0.469 e. The van der Waals surface area contributed by atoms with Crippen molar-refractivity contribution in [1.29, 1.82) is 0 Å². The summed E-state index contributed by atoms with van der Waals surface area (Å²) in [7, 11) is 1.44. The smallest absolute Gasteiger partial charge is 0.311 e. The first kappa shape index (κ1) is 17.3. The highest BCUT2D eigenvalue weighted by molar-refractivity contribution is 5.76. The monoisotopic (exact) mass is 352 g/mol. The lowest BCUT2D eigenvalue weighted by Gasteiger charge is -2.26. The van der Waals surface area contributed by atoms with E-state index in [-0.39, 0.29) is 18.2 Å². The standard InChI is InChI=1S/C22H24O4/c1-21(20(23)24-2)13-14-22(15-21)25-18(16-9-5-3-6-10-16)19(26-22)17-11-7-4-8-12-17/h3-12,18-19H,13-15H2,1-2H3/t18-,19-,21?/m0/s1. The molecule has 4 rings (SSSR count). The fourth-order valence-electron chi connectivity index (χ4n) is 4.24. The molecule has 2 fully saturated rings. The lowest BCUT2D eigenvalue weighted by Crippen LogP contribution is -2.32. The molecule has 0 radical (unpaired) electrons. The third kappa shape index (κ3) is 2.93. The van der Waals surface area contributed by atoms with Gasteiger partial charge in [0.2, 0.25) is 0 Å². The Morgan fingerprint density at radius 2 is 1.42 bits per heavy atom. The van der Waals surface area contributed by atoms with Crippen LogP contribution in [0.3, 0.4) is 0 Å². The van der Waals surface area contributed by atoms with Gasteiger partial charge in [0.15, 0.2) is 5.79 Å². The second-order valence-corrected chi connectivity index (χ2v) is 7.54. The van der Waals surface area contributed by atoms with Gasteiger partial charge in [-0.15, -0.1) is 0 Å². The van der Waals surface area contributed by atoms with E-state index in [1.165, 1.54) is 7.11 Å². The highest BCUT2D eigenvalue weighted by Crippen LogP contribution is 2.57. The van der Waals surface area contributed by atoms with Gasteiger partial charge in [-0.3, -0.25) is 4.79 Å². The van der Waals surface area contributed by atoms with Gasteiger partial charge >= 0.3 is 5.97 Å². The molecule has 1 saturated heterocycles. The van der Waals surface area contributed by atoms with Crippen molar-refractivity contribution in [2.24, 2.45) is 5.41 Å². The first-order chi connectivity index (χ1) is 12.6. The summed E-state index contributed by atoms with van der Waals surface area (Å²) >= 11 is 0. The van der Waals surface area contributed by atoms with Crippen LogP contribution in [0.5, 0.6) is 0 Å². The van der Waals surface area contributed by atoms with Gasteiger partial charge < -0.3 is 14.2 Å². The number of hydrogen-bond acceptors (Lipinski definition) is 4. The zero-order valence-electron chi connectivity index (χ0n) is 15.2. The second-order valence-electron chi connectivity index (χ2n) is 7.54. The van der Waals surface area contributed by atoms with Crippen molar-refractivity contribution in [3.05, 3.63) is 71.8 Å². The number of esters is 1. The van der Waals surface area contributed by atoms with Crippen LogP contribution in [0, 0.1) is 5.41 Å². The Labute approximate surface area is 154 Å². The summed E-state index contributed by atoms with van der Waals surface area (Å²) in [5.41, 5.74) is 1.61. The van der Waals surface area contributed by atoms with Gasteiger partial charge in [-0.2, -0.15) is 0 Å². The van der Waals surface area contributed by atoms with Crippen molar-refractivity contribution < 1.29 is 19.0 Å². The molecule has 1 heterocycles. The maximum atomic E-state index is 12.2. The summed E-state index contributed by atoms with van der Waals surface area (Å²) in [4.78, 5) is 12.2. The van der Waals surface area contributed by atoms with E-state index < -0.39 is 11.2 Å². The molecule has 2 aromatic carbocycles. The molecule has 0 aromatic heterocycles. The maximum absolute atomic E-state index is 12.2. The lowest BCUT2D eigenvalue weighted by molar-refractivity contribution is -0.181. The third-order valence-corrected chi connectivity index (χ3v) is 5.61. The van der Waals surface area contributed by atoms with Crippen molar-refractivity contribution in [3.63, 3.8) is 0 Å². The Kier molecular flexibility index (Phi) is 4.33. The molecule has 2 aromatic rings. The van der Waals surface area contributed by atoms with E-state index in [1.54, 1.807) is 0 Å². The fourth-order valence-corrected chi connectivity index (χ4v) is 4.24. The number of methoxy groups -OCH3 is 1. The van der Waals surface area contributed by atoms with Crippen LogP contribution >= 0.6 is 0 Å². The third-order valence-electron chi connectivity index (χ3n) is 5.61. The Balaban J connectivity index is 1.67. The predicted octanol–water partition coefficient (Wildman–Crippen LogP) is 4.58. The van der Waals surface area contributed by atoms with Crippen molar-refractivity contribution in [3.8, 4) is 0 Å². The van der Waals surface area contributed by atoms with Crippen molar-refractivity contribution in [1.82, 2.24) is 0 Å². The van der Waals surface area contributed by atoms with Crippen LogP contribution in [0.4, 0.5) is 0 Å². The number of hydrogen-bond donors (Lipinski definition) is 0. The number of benzene rings is 2. The molecular weight excluding hydrogens is 328 g/mol. The van der Waals surface area contributed by atoms with E-state index in [2.05, 4.69) is 24.3 Å². The summed E-state index contributed by atoms with van der Waals surface area (Å²) in [6, 6.07) is 20.3. The van der Waals surface area contributed by atoms with E-state index in [0.717, 1.165) is 11.1 Å². The molecule has 1 aliphatic carbocycles. The predicted molar refractivity (Wildman–Crippen MR) is 97.2 cm³/mol. The SMILES string of the molecule is COC(=O)C1(C)CCC2(C1)O[C@@H](c1ccccc1)[C@H](c1ccccc1)O2. The fraction of sp³-hybridized carbons (Fsp3) is 0.409. The van der Waals surface area contributed by atoms with E-state index in [4.69, 9.17) is 14.2 Å². The van der Waals surface area contributed by atoms with Crippen molar-refractivity contribution in [2.45, 2.75) is 44.2 Å². The summed E-state index contributed by atoms with van der Waals surface area (Å²) < 4.78 is 18.1. The number of carbonyl (C=O) groups excluding carboxylic acids is 1. The average molecular weight is 352 g/mol. The van der Waals surface area contributed by atoms with Gasteiger partial charge in [0.25, 0.3) is 0 Å². The molecule has 4 nitrogen and oxygen atoms in total. The van der Waals surface area contributed by atoms with Crippen LogP contribution < -0.4 is 0 Å². The average Bonchev–Trinajstić information content (AvgIpc) is 3.23. The molecule has 136 valence electrons. The van der Waals surface area contributed by atoms with Crippen LogP contribution in [0.1, 0.15) is 49.5 Å². The van der Waals surface area contributed by atoms with E-state index in [1.807, 2.05) is 43.3 Å². The molecule has 26 heavy (non-hydrogen) atoms. The minimum Gasteiger partial charge on any atom is -0.469 e. The van der Waals surface area contributed by atoms with Gasteiger partial charge in [-0.05, 0) is 24.5 Å². The van der Waals surface area contributed by atoms with Crippen LogP contribution in [-0.2, 0) is 19.0 Å². The highest BCUT2D eigenvalue weighted by atomic mass is 16.8. The molecule has 1 unspecified atom stereocenters. The second kappa shape index (κ2) is 6.53. The van der Waals surface area contributed by atoms with E-state index in [0.29, 0.717) is 19.3 Å². The van der Waals surface area contributed by atoms with Crippen LogP contribution in [0.2, 0.25) is 0 Å². The molecule has 3 atom stereocenters. The quantitative estimate of drug-likeness (QED) is 0.759. The molecule has 1 spiro atoms. The van der Waals surface area contributed by atoms with Crippen molar-refractivity contribution >= 4 is 5.97 Å². The zero-order chi connectivity index (χ0) is 18.2. The van der Waals surface area contributed by atoms with Crippen LogP contribution in [-0.4, -0.2) is 18.9 Å². The normalized spacial score (nSPS) is 29.8. The van der Waals surface area contributed by atoms with Gasteiger partial charge in [0, 0.05) is 12.8 Å². The maximum Gasteiger partial charge on any atom is 0.311 e. The first-order valence-corrected chi connectivity index (χ1v) is 9.09. The molecular formula is C22H24O4. The number of ether oxygens (including phenoxy) is 3. The summed E-state index contributed by atoms with van der Waals surface area (Å²) in [5.74, 6) is -0.940. The molecule has 2 aliphatic rings. The van der Waals surface area contributed by atoms with Crippen molar-refractivity contribution in [2.75, 3.05) is 7.11 Å². The van der Waals surface area contributed by atoms with E-state index in [9.17, 15) is 4.79 Å². The molecule has 0 amide bonds. The van der Waals surface area contributed by atoms with E-state index >= 15 is 0 Å². The molecule has 0 N–H and O–H groups in total. The molecule has 4 heteroatoms. The number of carbonyl (C=O) groups is 1. The minimum absolute atomic E-state index is 0.194. The highest BCUT2D eigenvalue weighted by Gasteiger charge is 2.58. The zero-order valence-corrected chi connectivity index (χ0v) is 15.2. The molecule has 0 bridgehead atoms. The molecule has 1 saturated carbocycles. The van der Waals surface area contributed by atoms with Gasteiger partial charge in [-0.1, -0.05) is 60.7 Å². The number of rotatable bonds is 3. The Morgan fingerprint density at radius 3 is 1.88 bits per heavy atom. The lowest BCUT2D eigenvalue weighted by atomic mass is 9.88. The summed E-state index contributed by atoms with van der Waals surface area (Å²) in [6.07, 6.45) is 1.50. The Morgan fingerprint density at radius 1 is 0.923 bits per heavy atom. The summed E-state index contributed by atoms with van der Waals surface area (Å²) in [5, 5.41) is 0. The first-order valence-electron chi connectivity index (χ1n) is 9.09. The van der Waals surface area contributed by atoms with Gasteiger partial charge in [0.05, 0.1) is 12.5 Å². The van der Waals surface area contributed by atoms with Crippen LogP contribution in [0.15, 0.2) is 60.7 Å². The Hall–Kier alpha value is -2.17. The topological polar surface area (TPSA) is 44.8 Å². The van der Waals surface area contributed by atoms with Crippen LogP contribution in [0.25, 0.3) is 0 Å². The summed E-state index contributed by atoms with van der Waals surface area (Å²) in [6.45, 7) is 1.94. The Bertz CT molecular complexity index is 726.